The summed E-state index contributed by atoms with van der Waals surface area (Å²) < 4.78 is 5.64. The summed E-state index contributed by atoms with van der Waals surface area (Å²) in [6, 6.07) is 4.84. The predicted molar refractivity (Wildman–Crippen MR) is 87.1 cm³/mol. The van der Waals surface area contributed by atoms with Gasteiger partial charge in [-0.1, -0.05) is 46.8 Å². The van der Waals surface area contributed by atoms with Gasteiger partial charge in [0.15, 0.2) is 6.61 Å². The lowest BCUT2D eigenvalue weighted by Crippen LogP contribution is -2.51. The third-order valence-electron chi connectivity index (χ3n) is 3.54. The summed E-state index contributed by atoms with van der Waals surface area (Å²) in [5.74, 6) is -1.39. The number of carbonyl (C=O) groups is 2. The summed E-state index contributed by atoms with van der Waals surface area (Å²) in [6.07, 6.45) is 0. The van der Waals surface area contributed by atoms with Gasteiger partial charge in [0, 0.05) is 0 Å². The number of hydrogen-bond acceptors (Lipinski definition) is 4. The number of carboxylic acid groups (broad SMARTS) is 1. The first-order valence-corrected chi connectivity index (χ1v) is 7.76. The van der Waals surface area contributed by atoms with Crippen LogP contribution >= 0.6 is 0 Å². The van der Waals surface area contributed by atoms with Crippen LogP contribution in [0.3, 0.4) is 0 Å². The number of rotatable bonds is 6. The largest absolute Gasteiger partial charge is 0.548 e. The lowest BCUT2D eigenvalue weighted by Gasteiger charge is -2.25. The van der Waals surface area contributed by atoms with Crippen molar-refractivity contribution in [2.75, 3.05) is 6.61 Å². The van der Waals surface area contributed by atoms with Gasteiger partial charge in [-0.15, -0.1) is 0 Å². The van der Waals surface area contributed by atoms with Crippen LogP contribution < -0.4 is 15.2 Å². The fourth-order valence-electron chi connectivity index (χ4n) is 2.22. The summed E-state index contributed by atoms with van der Waals surface area (Å²) in [5.41, 5.74) is 1.91. The third kappa shape index (κ3) is 5.58. The van der Waals surface area contributed by atoms with Gasteiger partial charge in [0.25, 0.3) is 5.91 Å². The van der Waals surface area contributed by atoms with Crippen LogP contribution in [-0.2, 0) is 15.0 Å². The van der Waals surface area contributed by atoms with Crippen LogP contribution in [0.2, 0.25) is 0 Å². The minimum Gasteiger partial charge on any atom is -0.548 e. The van der Waals surface area contributed by atoms with Crippen molar-refractivity contribution >= 4 is 11.9 Å². The number of carboxylic acids is 1. The van der Waals surface area contributed by atoms with E-state index in [0.29, 0.717) is 5.75 Å². The molecule has 0 radical (unpaired) electrons. The topological polar surface area (TPSA) is 78.5 Å². The van der Waals surface area contributed by atoms with E-state index in [1.165, 1.54) is 0 Å². The fraction of sp³-hybridized carbons (Fsp3) is 0.556. The smallest absolute Gasteiger partial charge is 0.258 e. The number of hydrogen-bond donors (Lipinski definition) is 1. The molecule has 1 aromatic rings. The maximum absolute atomic E-state index is 12.0. The molecule has 0 unspecified atom stereocenters. The molecule has 0 saturated heterocycles. The maximum atomic E-state index is 12.0. The Morgan fingerprint density at radius 3 is 2.35 bits per heavy atom. The molecule has 0 bridgehead atoms. The van der Waals surface area contributed by atoms with E-state index < -0.39 is 17.9 Å². The van der Waals surface area contributed by atoms with E-state index in [1.807, 2.05) is 25.1 Å². The van der Waals surface area contributed by atoms with Gasteiger partial charge in [0.05, 0.1) is 12.0 Å². The highest BCUT2D eigenvalue weighted by molar-refractivity contribution is 5.83. The highest BCUT2D eigenvalue weighted by Gasteiger charge is 2.21. The molecular weight excluding hydrogens is 294 g/mol. The fourth-order valence-corrected chi connectivity index (χ4v) is 2.22. The number of carbonyl (C=O) groups excluding carboxylic acids is 2. The first-order valence-electron chi connectivity index (χ1n) is 7.76. The predicted octanol–water partition coefficient (Wildman–Crippen LogP) is 1.56. The zero-order valence-corrected chi connectivity index (χ0v) is 14.7. The monoisotopic (exact) mass is 320 g/mol. The highest BCUT2D eigenvalue weighted by Crippen LogP contribution is 2.32. The second kappa shape index (κ2) is 7.49. The Kier molecular flexibility index (Phi) is 6.19. The van der Waals surface area contributed by atoms with Crippen molar-refractivity contribution in [1.29, 1.82) is 0 Å². The van der Waals surface area contributed by atoms with Crippen molar-refractivity contribution in [2.45, 2.75) is 53.0 Å². The quantitative estimate of drug-likeness (QED) is 0.863. The normalized spacial score (nSPS) is 12.8. The molecule has 5 heteroatoms. The molecule has 23 heavy (non-hydrogen) atoms. The molecule has 0 aliphatic carbocycles. The lowest BCUT2D eigenvalue weighted by molar-refractivity contribution is -0.309. The van der Waals surface area contributed by atoms with Crippen LogP contribution in [0.25, 0.3) is 0 Å². The Bertz CT molecular complexity index is 573. The molecular formula is C18H26NO4-. The van der Waals surface area contributed by atoms with Crippen LogP contribution in [0.5, 0.6) is 5.75 Å². The van der Waals surface area contributed by atoms with E-state index >= 15 is 0 Å². The minimum atomic E-state index is -1.29. The number of benzene rings is 1. The molecule has 0 fully saturated rings. The van der Waals surface area contributed by atoms with Crippen molar-refractivity contribution in [1.82, 2.24) is 5.32 Å². The SMILES string of the molecule is Cc1ccc(C(C)(C)C)c(OCC(=O)N[C@H](C(=O)[O-])C(C)C)c1. The molecule has 0 heterocycles. The molecule has 0 aliphatic heterocycles. The van der Waals surface area contributed by atoms with Gasteiger partial charge < -0.3 is 20.0 Å². The van der Waals surface area contributed by atoms with Crippen LogP contribution in [-0.4, -0.2) is 24.5 Å². The van der Waals surface area contributed by atoms with Crippen molar-refractivity contribution in [2.24, 2.45) is 5.92 Å². The van der Waals surface area contributed by atoms with E-state index in [1.54, 1.807) is 13.8 Å². The average Bonchev–Trinajstić information content (AvgIpc) is 2.40. The first kappa shape index (κ1) is 19.0. The van der Waals surface area contributed by atoms with Crippen molar-refractivity contribution in [3.05, 3.63) is 29.3 Å². The van der Waals surface area contributed by atoms with E-state index in [4.69, 9.17) is 4.74 Å². The minimum absolute atomic E-state index is 0.120. The highest BCUT2D eigenvalue weighted by atomic mass is 16.5. The van der Waals surface area contributed by atoms with Crippen LogP contribution in [0.15, 0.2) is 18.2 Å². The summed E-state index contributed by atoms with van der Waals surface area (Å²) in [4.78, 5) is 23.0. The number of aliphatic carboxylic acids is 1. The van der Waals surface area contributed by atoms with E-state index in [2.05, 4.69) is 26.1 Å². The Labute approximate surface area is 138 Å². The maximum Gasteiger partial charge on any atom is 0.258 e. The molecule has 1 rings (SSSR count). The van der Waals surface area contributed by atoms with E-state index in [9.17, 15) is 14.7 Å². The van der Waals surface area contributed by atoms with Gasteiger partial charge in [0.2, 0.25) is 0 Å². The number of ether oxygens (including phenoxy) is 1. The van der Waals surface area contributed by atoms with Gasteiger partial charge in [0.1, 0.15) is 5.75 Å². The van der Waals surface area contributed by atoms with Gasteiger partial charge in [-0.05, 0) is 35.4 Å². The number of nitrogens with one attached hydrogen (secondary N) is 1. The standard InChI is InChI=1S/C18H27NO4/c1-11(2)16(17(21)22)19-15(20)10-23-14-9-12(3)7-8-13(14)18(4,5)6/h7-9,11,16H,10H2,1-6H3,(H,19,20)(H,21,22)/p-1/t16-/m0/s1. The average molecular weight is 320 g/mol. The van der Waals surface area contributed by atoms with Crippen molar-refractivity contribution < 1.29 is 19.4 Å². The van der Waals surface area contributed by atoms with Gasteiger partial charge in [-0.3, -0.25) is 4.79 Å². The van der Waals surface area contributed by atoms with Crippen molar-refractivity contribution in [3.8, 4) is 5.75 Å². The zero-order valence-electron chi connectivity index (χ0n) is 14.7. The Morgan fingerprint density at radius 2 is 1.87 bits per heavy atom. The molecule has 0 aromatic heterocycles. The summed E-state index contributed by atoms with van der Waals surface area (Å²) >= 11 is 0. The molecule has 0 spiro atoms. The molecule has 1 amide bonds. The number of aryl methyl sites for hydroxylation is 1. The first-order chi connectivity index (χ1) is 10.5. The molecule has 128 valence electrons. The zero-order chi connectivity index (χ0) is 17.8. The van der Waals surface area contributed by atoms with Gasteiger partial charge in [-0.2, -0.15) is 0 Å². The Morgan fingerprint density at radius 1 is 1.26 bits per heavy atom. The Hall–Kier alpha value is -2.04. The van der Waals surface area contributed by atoms with Crippen LogP contribution in [0.1, 0.15) is 45.7 Å². The van der Waals surface area contributed by atoms with E-state index in [0.717, 1.165) is 11.1 Å². The molecule has 5 nitrogen and oxygen atoms in total. The molecule has 1 aromatic carbocycles. The van der Waals surface area contributed by atoms with Crippen LogP contribution in [0.4, 0.5) is 0 Å². The summed E-state index contributed by atoms with van der Waals surface area (Å²) in [6.45, 7) is 11.3. The van der Waals surface area contributed by atoms with Gasteiger partial charge in [-0.25, -0.2) is 0 Å². The second-order valence-corrected chi connectivity index (χ2v) is 7.15. The van der Waals surface area contributed by atoms with Crippen molar-refractivity contribution in [3.63, 3.8) is 0 Å². The van der Waals surface area contributed by atoms with Gasteiger partial charge >= 0.3 is 0 Å². The van der Waals surface area contributed by atoms with E-state index in [-0.39, 0.29) is 17.9 Å². The third-order valence-corrected chi connectivity index (χ3v) is 3.54. The van der Waals surface area contributed by atoms with Crippen LogP contribution in [0, 0.1) is 12.8 Å². The molecule has 0 saturated carbocycles. The molecule has 0 aliphatic rings. The number of amides is 1. The lowest BCUT2D eigenvalue weighted by atomic mass is 9.86. The summed E-state index contributed by atoms with van der Waals surface area (Å²) in [5, 5.41) is 13.4. The summed E-state index contributed by atoms with van der Waals surface area (Å²) in [7, 11) is 0. The Balaban J connectivity index is 2.80. The second-order valence-electron chi connectivity index (χ2n) is 7.15. The molecule has 1 atom stereocenters. The molecule has 1 N–H and O–H groups in total.